The molecule has 3 aromatic rings. The van der Waals surface area contributed by atoms with Gasteiger partial charge in [-0.25, -0.2) is 5.84 Å². The Labute approximate surface area is 129 Å². The van der Waals surface area contributed by atoms with Crippen LogP contribution in [-0.4, -0.2) is 10.5 Å². The van der Waals surface area contributed by atoms with Crippen LogP contribution in [0, 0.1) is 6.92 Å². The molecule has 0 bridgehead atoms. The molecule has 1 heterocycles. The normalized spacial score (nSPS) is 10.8. The van der Waals surface area contributed by atoms with Gasteiger partial charge < -0.3 is 4.57 Å². The van der Waals surface area contributed by atoms with Crippen LogP contribution < -0.4 is 11.3 Å². The first-order valence-electron chi connectivity index (χ1n) is 7.30. The van der Waals surface area contributed by atoms with Gasteiger partial charge in [0.05, 0.1) is 6.42 Å². The second kappa shape index (κ2) is 6.03. The lowest BCUT2D eigenvalue weighted by Crippen LogP contribution is -2.31. The molecule has 4 heteroatoms. The quantitative estimate of drug-likeness (QED) is 0.441. The van der Waals surface area contributed by atoms with Gasteiger partial charge in [0.2, 0.25) is 5.91 Å². The van der Waals surface area contributed by atoms with E-state index in [2.05, 4.69) is 41.2 Å². The van der Waals surface area contributed by atoms with Crippen molar-refractivity contribution < 1.29 is 4.79 Å². The SMILES string of the molecule is Cc1c(CC(=O)NN)c2ccccc2n1Cc1ccccc1. The summed E-state index contributed by atoms with van der Waals surface area (Å²) in [5.74, 6) is 5.06. The number of hydrogen-bond donors (Lipinski definition) is 2. The van der Waals surface area contributed by atoms with Crippen LogP contribution in [0.1, 0.15) is 16.8 Å². The number of fused-ring (bicyclic) bond motifs is 1. The summed E-state index contributed by atoms with van der Waals surface area (Å²) in [6.07, 6.45) is 0.296. The standard InChI is InChI=1S/C18H19N3O/c1-13-16(11-18(22)20-19)15-9-5-6-10-17(15)21(13)12-14-7-3-2-4-8-14/h2-10H,11-12,19H2,1H3,(H,20,22). The summed E-state index contributed by atoms with van der Waals surface area (Å²) in [6.45, 7) is 2.85. The van der Waals surface area contributed by atoms with E-state index >= 15 is 0 Å². The van der Waals surface area contributed by atoms with E-state index in [0.717, 1.165) is 28.7 Å². The zero-order valence-electron chi connectivity index (χ0n) is 12.5. The van der Waals surface area contributed by atoms with Gasteiger partial charge in [0.15, 0.2) is 0 Å². The predicted octanol–water partition coefficient (Wildman–Crippen LogP) is 2.53. The zero-order valence-corrected chi connectivity index (χ0v) is 12.5. The van der Waals surface area contributed by atoms with Crippen LogP contribution in [0.5, 0.6) is 0 Å². The van der Waals surface area contributed by atoms with Crippen molar-refractivity contribution in [3.63, 3.8) is 0 Å². The molecular formula is C18H19N3O. The second-order valence-corrected chi connectivity index (χ2v) is 5.40. The molecule has 0 atom stereocenters. The number of nitrogens with one attached hydrogen (secondary N) is 1. The van der Waals surface area contributed by atoms with Crippen molar-refractivity contribution in [3.8, 4) is 0 Å². The van der Waals surface area contributed by atoms with Gasteiger partial charge in [0.25, 0.3) is 0 Å². The average Bonchev–Trinajstić information content (AvgIpc) is 2.82. The maximum atomic E-state index is 11.7. The van der Waals surface area contributed by atoms with Crippen LogP contribution in [0.3, 0.4) is 0 Å². The van der Waals surface area contributed by atoms with Crippen LogP contribution >= 0.6 is 0 Å². The predicted molar refractivity (Wildman–Crippen MR) is 88.3 cm³/mol. The first kappa shape index (κ1) is 14.4. The molecule has 0 radical (unpaired) electrons. The molecule has 0 aliphatic heterocycles. The number of benzene rings is 2. The molecule has 1 amide bonds. The van der Waals surface area contributed by atoms with Crippen molar-refractivity contribution in [2.24, 2.45) is 5.84 Å². The van der Waals surface area contributed by atoms with E-state index in [1.54, 1.807) is 0 Å². The van der Waals surface area contributed by atoms with Crippen molar-refractivity contribution in [2.75, 3.05) is 0 Å². The number of nitrogens with zero attached hydrogens (tertiary/aromatic N) is 1. The molecule has 0 saturated carbocycles. The fourth-order valence-corrected chi connectivity index (χ4v) is 2.91. The minimum absolute atomic E-state index is 0.175. The Kier molecular flexibility index (Phi) is 3.94. The van der Waals surface area contributed by atoms with Crippen molar-refractivity contribution >= 4 is 16.8 Å². The number of hydrazine groups is 1. The highest BCUT2D eigenvalue weighted by atomic mass is 16.2. The van der Waals surface area contributed by atoms with Crippen LogP contribution in [0.15, 0.2) is 54.6 Å². The van der Waals surface area contributed by atoms with E-state index in [9.17, 15) is 4.79 Å². The average molecular weight is 293 g/mol. The third-order valence-electron chi connectivity index (χ3n) is 4.04. The number of hydrogen-bond acceptors (Lipinski definition) is 2. The van der Waals surface area contributed by atoms with Gasteiger partial charge in [-0.3, -0.25) is 10.2 Å². The van der Waals surface area contributed by atoms with E-state index in [4.69, 9.17) is 5.84 Å². The van der Waals surface area contributed by atoms with Gasteiger partial charge in [0, 0.05) is 23.1 Å². The van der Waals surface area contributed by atoms with E-state index < -0.39 is 0 Å². The molecular weight excluding hydrogens is 274 g/mol. The van der Waals surface area contributed by atoms with Crippen molar-refractivity contribution in [1.82, 2.24) is 9.99 Å². The van der Waals surface area contributed by atoms with Gasteiger partial charge >= 0.3 is 0 Å². The molecule has 2 aromatic carbocycles. The van der Waals surface area contributed by atoms with Gasteiger partial charge in [-0.05, 0) is 24.1 Å². The zero-order chi connectivity index (χ0) is 15.5. The minimum Gasteiger partial charge on any atom is -0.340 e. The Hall–Kier alpha value is -2.59. The number of rotatable bonds is 4. The monoisotopic (exact) mass is 293 g/mol. The Morgan fingerprint density at radius 3 is 2.50 bits per heavy atom. The number of nitrogens with two attached hydrogens (primary N) is 1. The number of amides is 1. The third kappa shape index (κ3) is 2.61. The molecule has 0 aliphatic rings. The fourth-order valence-electron chi connectivity index (χ4n) is 2.91. The van der Waals surface area contributed by atoms with Gasteiger partial charge in [-0.2, -0.15) is 0 Å². The lowest BCUT2D eigenvalue weighted by atomic mass is 10.1. The van der Waals surface area contributed by atoms with Crippen LogP contribution in [0.25, 0.3) is 10.9 Å². The van der Waals surface area contributed by atoms with Gasteiger partial charge in [-0.1, -0.05) is 48.5 Å². The molecule has 3 rings (SSSR count). The summed E-state index contributed by atoms with van der Waals surface area (Å²) in [5.41, 5.74) is 6.74. The first-order chi connectivity index (χ1) is 10.7. The molecule has 0 spiro atoms. The third-order valence-corrected chi connectivity index (χ3v) is 4.04. The summed E-state index contributed by atoms with van der Waals surface area (Å²) in [4.78, 5) is 11.7. The number of para-hydroxylation sites is 1. The lowest BCUT2D eigenvalue weighted by Gasteiger charge is -2.09. The molecule has 0 unspecified atom stereocenters. The summed E-state index contributed by atoms with van der Waals surface area (Å²) in [7, 11) is 0. The molecule has 4 nitrogen and oxygen atoms in total. The Morgan fingerprint density at radius 1 is 1.09 bits per heavy atom. The van der Waals surface area contributed by atoms with Crippen molar-refractivity contribution in [1.29, 1.82) is 0 Å². The summed E-state index contributed by atoms with van der Waals surface area (Å²) >= 11 is 0. The molecule has 1 aromatic heterocycles. The van der Waals surface area contributed by atoms with Gasteiger partial charge in [-0.15, -0.1) is 0 Å². The highest BCUT2D eigenvalue weighted by Crippen LogP contribution is 2.27. The Bertz CT molecular complexity index is 806. The summed E-state index contributed by atoms with van der Waals surface area (Å²) < 4.78 is 2.25. The number of carbonyl (C=O) groups is 1. The van der Waals surface area contributed by atoms with Crippen LogP contribution in [0.2, 0.25) is 0 Å². The maximum Gasteiger partial charge on any atom is 0.238 e. The van der Waals surface area contributed by atoms with Crippen LogP contribution in [-0.2, 0) is 17.8 Å². The molecule has 0 fully saturated rings. The van der Waals surface area contributed by atoms with Gasteiger partial charge in [0.1, 0.15) is 0 Å². The molecule has 3 N–H and O–H groups in total. The molecule has 0 saturated heterocycles. The molecule has 22 heavy (non-hydrogen) atoms. The smallest absolute Gasteiger partial charge is 0.238 e. The summed E-state index contributed by atoms with van der Waals surface area (Å²) in [5, 5.41) is 1.11. The largest absolute Gasteiger partial charge is 0.340 e. The van der Waals surface area contributed by atoms with E-state index in [1.165, 1.54) is 5.56 Å². The highest BCUT2D eigenvalue weighted by molar-refractivity contribution is 5.90. The summed E-state index contributed by atoms with van der Waals surface area (Å²) in [6, 6.07) is 18.5. The number of aromatic nitrogens is 1. The Morgan fingerprint density at radius 2 is 1.77 bits per heavy atom. The van der Waals surface area contributed by atoms with E-state index in [0.29, 0.717) is 6.42 Å². The van der Waals surface area contributed by atoms with E-state index in [-0.39, 0.29) is 5.91 Å². The fraction of sp³-hybridized carbons (Fsp3) is 0.167. The topological polar surface area (TPSA) is 60.1 Å². The second-order valence-electron chi connectivity index (χ2n) is 5.40. The number of carbonyl (C=O) groups excluding carboxylic acids is 1. The lowest BCUT2D eigenvalue weighted by molar-refractivity contribution is -0.120. The maximum absolute atomic E-state index is 11.7. The van der Waals surface area contributed by atoms with E-state index in [1.807, 2.05) is 30.3 Å². The molecule has 0 aliphatic carbocycles. The first-order valence-corrected chi connectivity index (χ1v) is 7.30. The van der Waals surface area contributed by atoms with Crippen LogP contribution in [0.4, 0.5) is 0 Å². The van der Waals surface area contributed by atoms with Crippen molar-refractivity contribution in [3.05, 3.63) is 71.4 Å². The van der Waals surface area contributed by atoms with Crippen molar-refractivity contribution in [2.45, 2.75) is 19.9 Å². The highest BCUT2D eigenvalue weighted by Gasteiger charge is 2.16. The minimum atomic E-state index is -0.175. The molecule has 112 valence electrons. The Balaban J connectivity index is 2.10.